The number of ether oxygens (including phenoxy) is 1. The van der Waals surface area contributed by atoms with Gasteiger partial charge in [-0.3, -0.25) is 4.79 Å². The summed E-state index contributed by atoms with van der Waals surface area (Å²) in [5.41, 5.74) is 6.03. The Labute approximate surface area is 174 Å². The molecule has 1 amide bonds. The number of carbonyl (C=O) groups excluding carboxylic acids is 1. The van der Waals surface area contributed by atoms with Gasteiger partial charge in [-0.15, -0.1) is 0 Å². The fourth-order valence-electron chi connectivity index (χ4n) is 2.86. The highest BCUT2D eigenvalue weighted by molar-refractivity contribution is 6.13. The third kappa shape index (κ3) is 6.31. The summed E-state index contributed by atoms with van der Waals surface area (Å²) in [4.78, 5) is 23.0. The van der Waals surface area contributed by atoms with Crippen LogP contribution in [-0.4, -0.2) is 29.3 Å². The molecule has 0 fully saturated rings. The number of carbonyl (C=O) groups is 2. The number of amides is 1. The van der Waals surface area contributed by atoms with Crippen LogP contribution in [0.2, 0.25) is 0 Å². The van der Waals surface area contributed by atoms with Gasteiger partial charge in [0.2, 0.25) is 5.91 Å². The van der Waals surface area contributed by atoms with Crippen molar-refractivity contribution in [3.8, 4) is 5.75 Å². The van der Waals surface area contributed by atoms with Gasteiger partial charge in [0.1, 0.15) is 5.75 Å². The lowest BCUT2D eigenvalue weighted by molar-refractivity contribution is -0.139. The Balaban J connectivity index is 1.64. The number of hydrazone groups is 1. The monoisotopic (exact) mass is 402 g/mol. The second kappa shape index (κ2) is 10.6. The van der Waals surface area contributed by atoms with Crippen LogP contribution in [0.15, 0.2) is 90.0 Å². The van der Waals surface area contributed by atoms with Gasteiger partial charge in [-0.25, -0.2) is 10.2 Å². The summed E-state index contributed by atoms with van der Waals surface area (Å²) in [6, 6.07) is 26.4. The van der Waals surface area contributed by atoms with E-state index in [4.69, 9.17) is 9.84 Å². The van der Waals surface area contributed by atoms with Crippen molar-refractivity contribution in [1.82, 2.24) is 5.43 Å². The normalized spacial score (nSPS) is 10.1. The van der Waals surface area contributed by atoms with Crippen LogP contribution in [0.4, 0.5) is 0 Å². The quantitative estimate of drug-likeness (QED) is 0.422. The summed E-state index contributed by atoms with van der Waals surface area (Å²) in [5, 5.41) is 13.1. The molecule has 0 atom stereocenters. The molecule has 0 aliphatic heterocycles. The van der Waals surface area contributed by atoms with Crippen LogP contribution in [-0.2, 0) is 16.0 Å². The summed E-state index contributed by atoms with van der Waals surface area (Å²) in [5.74, 6) is -0.787. The summed E-state index contributed by atoms with van der Waals surface area (Å²) < 4.78 is 5.17. The third-order valence-corrected chi connectivity index (χ3v) is 4.29. The third-order valence-electron chi connectivity index (χ3n) is 4.29. The van der Waals surface area contributed by atoms with E-state index in [1.54, 1.807) is 18.2 Å². The summed E-state index contributed by atoms with van der Waals surface area (Å²) in [7, 11) is 0. The molecule has 0 saturated heterocycles. The van der Waals surface area contributed by atoms with Crippen LogP contribution in [0.3, 0.4) is 0 Å². The molecule has 0 radical (unpaired) electrons. The van der Waals surface area contributed by atoms with E-state index < -0.39 is 12.6 Å². The number of nitrogens with zero attached hydrogens (tertiary/aromatic N) is 1. The van der Waals surface area contributed by atoms with Crippen molar-refractivity contribution < 1.29 is 19.4 Å². The fraction of sp³-hybridized carbons (Fsp3) is 0.125. The topological polar surface area (TPSA) is 88.0 Å². The number of rotatable bonds is 9. The molecule has 0 aromatic heterocycles. The second-order valence-corrected chi connectivity index (χ2v) is 6.56. The van der Waals surface area contributed by atoms with Gasteiger partial charge < -0.3 is 9.84 Å². The maximum Gasteiger partial charge on any atom is 0.341 e. The van der Waals surface area contributed by atoms with Gasteiger partial charge in [-0.2, -0.15) is 5.10 Å². The first kappa shape index (κ1) is 20.8. The predicted octanol–water partition coefficient (Wildman–Crippen LogP) is 3.65. The highest BCUT2D eigenvalue weighted by Gasteiger charge is 2.08. The number of nitrogens with one attached hydrogen (secondary N) is 1. The van der Waals surface area contributed by atoms with E-state index in [-0.39, 0.29) is 12.3 Å². The number of aliphatic carboxylic acids is 1. The molecule has 3 rings (SSSR count). The molecule has 152 valence electrons. The van der Waals surface area contributed by atoms with Crippen LogP contribution in [0.1, 0.15) is 23.1 Å². The van der Waals surface area contributed by atoms with Crippen LogP contribution in [0, 0.1) is 0 Å². The predicted molar refractivity (Wildman–Crippen MR) is 115 cm³/mol. The van der Waals surface area contributed by atoms with Crippen molar-refractivity contribution in [2.24, 2.45) is 5.10 Å². The molecule has 0 heterocycles. The van der Waals surface area contributed by atoms with Crippen molar-refractivity contribution in [2.75, 3.05) is 6.61 Å². The molecular weight excluding hydrogens is 380 g/mol. The molecule has 6 nitrogen and oxygen atoms in total. The summed E-state index contributed by atoms with van der Waals surface area (Å²) in [6.45, 7) is -0.402. The van der Waals surface area contributed by atoms with Gasteiger partial charge in [0.25, 0.3) is 0 Å². The van der Waals surface area contributed by atoms with E-state index in [1.165, 1.54) is 0 Å². The minimum atomic E-state index is -1.04. The van der Waals surface area contributed by atoms with Gasteiger partial charge >= 0.3 is 5.97 Å². The molecule has 0 bridgehead atoms. The maximum atomic E-state index is 12.4. The zero-order chi connectivity index (χ0) is 21.2. The molecule has 6 heteroatoms. The number of benzene rings is 3. The van der Waals surface area contributed by atoms with Crippen LogP contribution < -0.4 is 10.2 Å². The molecule has 3 aromatic carbocycles. The van der Waals surface area contributed by atoms with E-state index in [1.807, 2.05) is 66.7 Å². The Morgan fingerprint density at radius 1 is 0.867 bits per heavy atom. The standard InChI is InChI=1S/C24H22N2O4/c27-22(15-14-18-8-7-13-21(16-18)30-17-23(28)29)25-26-24(19-9-3-1-4-10-19)20-11-5-2-6-12-20/h1-13,16H,14-15,17H2,(H,25,27)(H,28,29). The Morgan fingerprint density at radius 3 is 2.10 bits per heavy atom. The smallest absolute Gasteiger partial charge is 0.341 e. The molecule has 30 heavy (non-hydrogen) atoms. The number of hydrogen-bond acceptors (Lipinski definition) is 4. The Bertz CT molecular complexity index is 976. The summed E-state index contributed by atoms with van der Waals surface area (Å²) >= 11 is 0. The average Bonchev–Trinajstić information content (AvgIpc) is 2.78. The minimum Gasteiger partial charge on any atom is -0.482 e. The zero-order valence-corrected chi connectivity index (χ0v) is 16.3. The maximum absolute atomic E-state index is 12.4. The Kier molecular flexibility index (Phi) is 7.33. The van der Waals surface area contributed by atoms with E-state index in [0.717, 1.165) is 16.7 Å². The van der Waals surface area contributed by atoms with Gasteiger partial charge in [0.05, 0.1) is 5.71 Å². The van der Waals surface area contributed by atoms with Crippen molar-refractivity contribution in [2.45, 2.75) is 12.8 Å². The first-order chi connectivity index (χ1) is 14.6. The van der Waals surface area contributed by atoms with Crippen molar-refractivity contribution in [3.05, 3.63) is 102 Å². The van der Waals surface area contributed by atoms with Crippen LogP contribution >= 0.6 is 0 Å². The van der Waals surface area contributed by atoms with Crippen LogP contribution in [0.25, 0.3) is 0 Å². The number of carboxylic acid groups (broad SMARTS) is 1. The van der Waals surface area contributed by atoms with Gasteiger partial charge in [0, 0.05) is 17.5 Å². The molecule has 2 N–H and O–H groups in total. The molecule has 0 spiro atoms. The van der Waals surface area contributed by atoms with Crippen LogP contribution in [0.5, 0.6) is 5.75 Å². The SMILES string of the molecule is O=C(O)COc1cccc(CCC(=O)NN=C(c2ccccc2)c2ccccc2)c1. The number of carboxylic acids is 1. The molecule has 0 aliphatic carbocycles. The average molecular weight is 402 g/mol. The second-order valence-electron chi connectivity index (χ2n) is 6.56. The van der Waals surface area contributed by atoms with E-state index in [9.17, 15) is 9.59 Å². The van der Waals surface area contributed by atoms with Gasteiger partial charge in [0.15, 0.2) is 6.61 Å². The summed E-state index contributed by atoms with van der Waals surface area (Å²) in [6.07, 6.45) is 0.723. The zero-order valence-electron chi connectivity index (χ0n) is 16.3. The first-order valence-corrected chi connectivity index (χ1v) is 9.53. The Morgan fingerprint density at radius 2 is 1.50 bits per heavy atom. The molecule has 0 saturated carbocycles. The Hall–Kier alpha value is -3.93. The lowest BCUT2D eigenvalue weighted by Crippen LogP contribution is -2.21. The van der Waals surface area contributed by atoms with E-state index >= 15 is 0 Å². The largest absolute Gasteiger partial charge is 0.482 e. The van der Waals surface area contributed by atoms with E-state index in [2.05, 4.69) is 10.5 Å². The first-order valence-electron chi connectivity index (χ1n) is 9.53. The lowest BCUT2D eigenvalue weighted by atomic mass is 10.0. The number of hydrogen-bond donors (Lipinski definition) is 2. The molecular formula is C24H22N2O4. The van der Waals surface area contributed by atoms with Gasteiger partial charge in [-0.1, -0.05) is 72.8 Å². The van der Waals surface area contributed by atoms with Crippen molar-refractivity contribution in [3.63, 3.8) is 0 Å². The number of aryl methyl sites for hydroxylation is 1. The van der Waals surface area contributed by atoms with Crippen molar-refractivity contribution in [1.29, 1.82) is 0 Å². The lowest BCUT2D eigenvalue weighted by Gasteiger charge is -2.08. The molecule has 0 aliphatic rings. The highest BCUT2D eigenvalue weighted by atomic mass is 16.5. The highest BCUT2D eigenvalue weighted by Crippen LogP contribution is 2.15. The van der Waals surface area contributed by atoms with Gasteiger partial charge in [-0.05, 0) is 24.1 Å². The molecule has 0 unspecified atom stereocenters. The minimum absolute atomic E-state index is 0.212. The fourth-order valence-corrected chi connectivity index (χ4v) is 2.86. The molecule has 3 aromatic rings. The van der Waals surface area contributed by atoms with Crippen molar-refractivity contribution >= 4 is 17.6 Å². The van der Waals surface area contributed by atoms with E-state index in [0.29, 0.717) is 17.9 Å².